The first-order valence-corrected chi connectivity index (χ1v) is 10.5. The topological polar surface area (TPSA) is 66.0 Å². The van der Waals surface area contributed by atoms with E-state index in [0.29, 0.717) is 12.1 Å². The van der Waals surface area contributed by atoms with Gasteiger partial charge in [0.15, 0.2) is 5.96 Å². The number of carbonyl (C=O) groups excluding carboxylic acids is 1. The Hall–Kier alpha value is -2.29. The van der Waals surface area contributed by atoms with E-state index in [9.17, 15) is 4.79 Å². The second kappa shape index (κ2) is 13.9. The smallest absolute Gasteiger partial charge is 0.253 e. The van der Waals surface area contributed by atoms with Gasteiger partial charge in [0.05, 0.1) is 12.6 Å². The van der Waals surface area contributed by atoms with Crippen molar-refractivity contribution in [2.75, 3.05) is 27.2 Å². The first kappa shape index (κ1) is 26.7. The molecule has 0 aliphatic rings. The van der Waals surface area contributed by atoms with Gasteiger partial charge in [-0.25, -0.2) is 4.99 Å². The molecule has 0 radical (unpaired) electrons. The van der Waals surface area contributed by atoms with E-state index < -0.39 is 0 Å². The van der Waals surface area contributed by atoms with Crippen molar-refractivity contribution in [1.82, 2.24) is 15.5 Å². The molecule has 2 aromatic carbocycles. The molecule has 0 aromatic heterocycles. The van der Waals surface area contributed by atoms with Crippen molar-refractivity contribution in [3.05, 3.63) is 65.2 Å². The molecule has 0 fully saturated rings. The van der Waals surface area contributed by atoms with Gasteiger partial charge in [0, 0.05) is 32.7 Å². The summed E-state index contributed by atoms with van der Waals surface area (Å²) in [5, 5.41) is 6.65. The van der Waals surface area contributed by atoms with Gasteiger partial charge in [-0.15, -0.1) is 24.0 Å². The molecule has 0 saturated carbocycles. The van der Waals surface area contributed by atoms with Crippen LogP contribution in [0, 0.1) is 0 Å². The van der Waals surface area contributed by atoms with Crippen LogP contribution in [0.25, 0.3) is 0 Å². The zero-order valence-corrected chi connectivity index (χ0v) is 21.5. The van der Waals surface area contributed by atoms with Crippen molar-refractivity contribution < 1.29 is 9.53 Å². The van der Waals surface area contributed by atoms with Crippen LogP contribution >= 0.6 is 24.0 Å². The Morgan fingerprint density at radius 1 is 1.00 bits per heavy atom. The van der Waals surface area contributed by atoms with E-state index in [0.717, 1.165) is 36.8 Å². The predicted molar refractivity (Wildman–Crippen MR) is 139 cm³/mol. The zero-order chi connectivity index (χ0) is 21.9. The number of guanidine groups is 1. The quantitative estimate of drug-likeness (QED) is 0.287. The molecule has 0 aliphatic carbocycles. The Labute approximate surface area is 203 Å². The van der Waals surface area contributed by atoms with Crippen molar-refractivity contribution in [3.63, 3.8) is 0 Å². The summed E-state index contributed by atoms with van der Waals surface area (Å²) in [6.45, 7) is 8.23. The number of carbonyl (C=O) groups is 1. The summed E-state index contributed by atoms with van der Waals surface area (Å²) in [6.07, 6.45) is 1.08. The summed E-state index contributed by atoms with van der Waals surface area (Å²) in [7, 11) is 3.51. The number of hydrogen-bond acceptors (Lipinski definition) is 3. The number of ether oxygens (including phenoxy) is 1. The lowest BCUT2D eigenvalue weighted by atomic mass is 10.1. The summed E-state index contributed by atoms with van der Waals surface area (Å²) in [4.78, 5) is 18.2. The van der Waals surface area contributed by atoms with E-state index in [4.69, 9.17) is 4.74 Å². The average molecular weight is 538 g/mol. The van der Waals surface area contributed by atoms with Gasteiger partial charge in [-0.1, -0.05) is 24.3 Å². The number of benzene rings is 2. The summed E-state index contributed by atoms with van der Waals surface area (Å²) in [5.41, 5.74) is 2.99. The molecule has 31 heavy (non-hydrogen) atoms. The third-order valence-corrected chi connectivity index (χ3v) is 4.37. The SMILES string of the molecule is CCNC(=NCc1ccc(C(=O)N(C)C)cc1)NCCc1ccc(OC(C)C)cc1.I. The second-order valence-corrected chi connectivity index (χ2v) is 7.58. The number of halogens is 1. The van der Waals surface area contributed by atoms with Crippen LogP contribution in [0.2, 0.25) is 0 Å². The molecule has 0 spiro atoms. The van der Waals surface area contributed by atoms with Gasteiger partial charge in [0.2, 0.25) is 0 Å². The van der Waals surface area contributed by atoms with Gasteiger partial charge in [-0.2, -0.15) is 0 Å². The lowest BCUT2D eigenvalue weighted by Gasteiger charge is -2.13. The van der Waals surface area contributed by atoms with Crippen LogP contribution in [0.1, 0.15) is 42.3 Å². The second-order valence-electron chi connectivity index (χ2n) is 7.58. The van der Waals surface area contributed by atoms with Crippen molar-refractivity contribution in [3.8, 4) is 5.75 Å². The summed E-state index contributed by atoms with van der Waals surface area (Å²) >= 11 is 0. The normalized spacial score (nSPS) is 11.0. The number of hydrogen-bond donors (Lipinski definition) is 2. The van der Waals surface area contributed by atoms with Gasteiger partial charge in [0.1, 0.15) is 5.75 Å². The Kier molecular flexibility index (Phi) is 12.0. The minimum atomic E-state index is 0. The monoisotopic (exact) mass is 538 g/mol. The minimum Gasteiger partial charge on any atom is -0.491 e. The average Bonchev–Trinajstić information content (AvgIpc) is 2.72. The summed E-state index contributed by atoms with van der Waals surface area (Å²) in [5.74, 6) is 1.68. The number of aliphatic imine (C=N–C) groups is 1. The minimum absolute atomic E-state index is 0. The fourth-order valence-electron chi connectivity index (χ4n) is 2.86. The van der Waals surface area contributed by atoms with Crippen LogP contribution in [-0.4, -0.2) is 50.1 Å². The maximum absolute atomic E-state index is 12.0. The van der Waals surface area contributed by atoms with E-state index in [1.54, 1.807) is 19.0 Å². The van der Waals surface area contributed by atoms with Crippen LogP contribution in [0.5, 0.6) is 5.75 Å². The fourth-order valence-corrected chi connectivity index (χ4v) is 2.86. The highest BCUT2D eigenvalue weighted by Gasteiger charge is 2.07. The first-order valence-electron chi connectivity index (χ1n) is 10.5. The molecule has 6 nitrogen and oxygen atoms in total. The van der Waals surface area contributed by atoms with Crippen LogP contribution < -0.4 is 15.4 Å². The Morgan fingerprint density at radius 3 is 2.16 bits per heavy atom. The molecular formula is C24H35IN4O2. The third kappa shape index (κ3) is 9.59. The van der Waals surface area contributed by atoms with Crippen LogP contribution in [0.4, 0.5) is 0 Å². The Bertz CT molecular complexity index is 818. The molecule has 0 saturated heterocycles. The number of nitrogens with zero attached hydrogens (tertiary/aromatic N) is 2. The highest BCUT2D eigenvalue weighted by Crippen LogP contribution is 2.14. The third-order valence-electron chi connectivity index (χ3n) is 4.37. The van der Waals surface area contributed by atoms with Crippen LogP contribution in [0.15, 0.2) is 53.5 Å². The molecule has 0 bridgehead atoms. The van der Waals surface area contributed by atoms with Crippen molar-refractivity contribution >= 4 is 35.8 Å². The molecule has 0 heterocycles. The van der Waals surface area contributed by atoms with E-state index in [1.807, 2.05) is 57.2 Å². The number of amides is 1. The highest BCUT2D eigenvalue weighted by molar-refractivity contribution is 14.0. The van der Waals surface area contributed by atoms with Gasteiger partial charge in [-0.3, -0.25) is 4.79 Å². The van der Waals surface area contributed by atoms with Crippen molar-refractivity contribution in [2.45, 2.75) is 39.8 Å². The molecule has 2 aromatic rings. The molecule has 7 heteroatoms. The molecule has 0 unspecified atom stereocenters. The molecule has 0 aliphatic heterocycles. The van der Waals surface area contributed by atoms with Crippen LogP contribution in [0.3, 0.4) is 0 Å². The molecular weight excluding hydrogens is 503 g/mol. The molecule has 170 valence electrons. The van der Waals surface area contributed by atoms with E-state index >= 15 is 0 Å². The van der Waals surface area contributed by atoms with Gasteiger partial charge < -0.3 is 20.3 Å². The first-order chi connectivity index (χ1) is 14.4. The van der Waals surface area contributed by atoms with E-state index in [-0.39, 0.29) is 36.0 Å². The summed E-state index contributed by atoms with van der Waals surface area (Å²) in [6, 6.07) is 15.8. The van der Waals surface area contributed by atoms with Gasteiger partial charge in [0.25, 0.3) is 5.91 Å². The molecule has 2 rings (SSSR count). The molecule has 0 atom stereocenters. The zero-order valence-electron chi connectivity index (χ0n) is 19.1. The summed E-state index contributed by atoms with van der Waals surface area (Å²) < 4.78 is 5.68. The van der Waals surface area contributed by atoms with Gasteiger partial charge >= 0.3 is 0 Å². The standard InChI is InChI=1S/C24H34N4O2.HI/c1-6-25-24(26-16-15-19-9-13-22(14-10-19)30-18(2)3)27-17-20-7-11-21(12-8-20)23(29)28(4)5;/h7-14,18H,6,15-17H2,1-5H3,(H2,25,26,27);1H. The van der Waals surface area contributed by atoms with E-state index in [2.05, 4.69) is 27.8 Å². The largest absolute Gasteiger partial charge is 0.491 e. The lowest BCUT2D eigenvalue weighted by Crippen LogP contribution is -2.38. The maximum atomic E-state index is 12.0. The van der Waals surface area contributed by atoms with E-state index in [1.165, 1.54) is 5.56 Å². The molecule has 2 N–H and O–H groups in total. The maximum Gasteiger partial charge on any atom is 0.253 e. The lowest BCUT2D eigenvalue weighted by molar-refractivity contribution is 0.0827. The Morgan fingerprint density at radius 2 is 1.61 bits per heavy atom. The molecule has 1 amide bonds. The predicted octanol–water partition coefficient (Wildman–Crippen LogP) is 4.09. The van der Waals surface area contributed by atoms with Crippen molar-refractivity contribution in [2.24, 2.45) is 4.99 Å². The van der Waals surface area contributed by atoms with Gasteiger partial charge in [-0.05, 0) is 62.6 Å². The fraction of sp³-hybridized carbons (Fsp3) is 0.417. The Balaban J connectivity index is 0.00000480. The number of nitrogens with one attached hydrogen (secondary N) is 2. The highest BCUT2D eigenvalue weighted by atomic mass is 127. The van der Waals surface area contributed by atoms with Crippen molar-refractivity contribution in [1.29, 1.82) is 0 Å². The van der Waals surface area contributed by atoms with Crippen LogP contribution in [-0.2, 0) is 13.0 Å². The number of rotatable bonds is 9.